The van der Waals surface area contributed by atoms with Gasteiger partial charge < -0.3 is 0 Å². The molecule has 20 heavy (non-hydrogen) atoms. The quantitative estimate of drug-likeness (QED) is 0.786. The van der Waals surface area contributed by atoms with Gasteiger partial charge in [0.25, 0.3) is 0 Å². The first-order valence-corrected chi connectivity index (χ1v) is 7.10. The largest absolute Gasteiger partial charge is 0.294 e. The zero-order valence-electron chi connectivity index (χ0n) is 12.8. The summed E-state index contributed by atoms with van der Waals surface area (Å²) in [7, 11) is 1.91. The Kier molecular flexibility index (Phi) is 4.07. The molecule has 3 nitrogen and oxygen atoms in total. The van der Waals surface area contributed by atoms with Crippen molar-refractivity contribution in [2.45, 2.75) is 33.6 Å². The van der Waals surface area contributed by atoms with Crippen LogP contribution < -0.4 is 0 Å². The Morgan fingerprint density at radius 1 is 1.10 bits per heavy atom. The maximum atomic E-state index is 12.6. The summed E-state index contributed by atoms with van der Waals surface area (Å²) in [5.74, 6) is 0.371. The monoisotopic (exact) mass is 270 g/mol. The van der Waals surface area contributed by atoms with Gasteiger partial charge in [0.2, 0.25) is 0 Å². The lowest BCUT2D eigenvalue weighted by molar-refractivity contribution is 0.0938. The summed E-state index contributed by atoms with van der Waals surface area (Å²) in [6.07, 6.45) is 0. The summed E-state index contributed by atoms with van der Waals surface area (Å²) in [6, 6.07) is 10.0. The van der Waals surface area contributed by atoms with Crippen molar-refractivity contribution in [1.29, 1.82) is 0 Å². The van der Waals surface area contributed by atoms with Gasteiger partial charge in [-0.05, 0) is 5.92 Å². The van der Waals surface area contributed by atoms with Gasteiger partial charge in [-0.1, -0.05) is 58.0 Å². The predicted molar refractivity (Wildman–Crippen MR) is 81.9 cm³/mol. The van der Waals surface area contributed by atoms with Crippen LogP contribution in [0.5, 0.6) is 0 Å². The molecule has 1 heterocycles. The smallest absolute Gasteiger partial charge is 0.169 e. The molecule has 106 valence electrons. The number of carbonyl (C=O) groups excluding carboxylic acids is 1. The molecule has 0 aliphatic heterocycles. The number of aromatic nitrogens is 2. The Morgan fingerprint density at radius 3 is 2.20 bits per heavy atom. The van der Waals surface area contributed by atoms with Gasteiger partial charge in [0.05, 0.1) is 17.0 Å². The lowest BCUT2D eigenvalue weighted by Gasteiger charge is -2.10. The van der Waals surface area contributed by atoms with Gasteiger partial charge in [0.1, 0.15) is 0 Å². The molecule has 1 aromatic carbocycles. The highest BCUT2D eigenvalue weighted by Crippen LogP contribution is 2.31. The van der Waals surface area contributed by atoms with Crippen molar-refractivity contribution in [2.75, 3.05) is 0 Å². The van der Waals surface area contributed by atoms with E-state index < -0.39 is 0 Å². The van der Waals surface area contributed by atoms with E-state index in [1.807, 2.05) is 55.9 Å². The fraction of sp³-hybridized carbons (Fsp3) is 0.412. The Hall–Kier alpha value is -1.90. The molecule has 2 rings (SSSR count). The van der Waals surface area contributed by atoms with Gasteiger partial charge in [0, 0.05) is 18.5 Å². The molecule has 0 saturated carbocycles. The van der Waals surface area contributed by atoms with Crippen LogP contribution in [0.4, 0.5) is 0 Å². The van der Waals surface area contributed by atoms with Crippen LogP contribution in [-0.4, -0.2) is 15.6 Å². The molecule has 0 aliphatic carbocycles. The number of hydrogen-bond donors (Lipinski definition) is 0. The predicted octanol–water partition coefficient (Wildman–Crippen LogP) is 4.05. The first-order valence-electron chi connectivity index (χ1n) is 7.10. The van der Waals surface area contributed by atoms with E-state index in [1.54, 1.807) is 0 Å². The average Bonchev–Trinajstić information content (AvgIpc) is 2.76. The minimum absolute atomic E-state index is 0.0286. The number of aryl methyl sites for hydroxylation is 1. The number of carbonyl (C=O) groups is 1. The van der Waals surface area contributed by atoms with Crippen molar-refractivity contribution in [1.82, 2.24) is 9.78 Å². The molecule has 2 aromatic rings. The highest BCUT2D eigenvalue weighted by Gasteiger charge is 2.26. The molecular formula is C17H22N2O. The SMILES string of the molecule is CC(C)C(=O)c1c(C(C)C)nn(C)c1-c1ccccc1. The Balaban J connectivity index is 2.71. The lowest BCUT2D eigenvalue weighted by Crippen LogP contribution is -2.11. The molecular weight excluding hydrogens is 248 g/mol. The average molecular weight is 270 g/mol. The number of nitrogens with zero attached hydrogens (tertiary/aromatic N) is 2. The maximum Gasteiger partial charge on any atom is 0.169 e. The van der Waals surface area contributed by atoms with Gasteiger partial charge in [0.15, 0.2) is 5.78 Å². The Bertz CT molecular complexity index is 609. The van der Waals surface area contributed by atoms with Gasteiger partial charge in [-0.15, -0.1) is 0 Å². The van der Waals surface area contributed by atoms with E-state index in [0.717, 1.165) is 22.5 Å². The van der Waals surface area contributed by atoms with Gasteiger partial charge in [-0.2, -0.15) is 5.10 Å². The summed E-state index contributed by atoms with van der Waals surface area (Å²) >= 11 is 0. The van der Waals surface area contributed by atoms with E-state index in [2.05, 4.69) is 18.9 Å². The van der Waals surface area contributed by atoms with Crippen LogP contribution in [0.1, 0.15) is 49.7 Å². The second-order valence-corrected chi connectivity index (χ2v) is 5.77. The van der Waals surface area contributed by atoms with Crippen LogP contribution in [0.3, 0.4) is 0 Å². The fourth-order valence-electron chi connectivity index (χ4n) is 2.41. The zero-order valence-corrected chi connectivity index (χ0v) is 12.8. The maximum absolute atomic E-state index is 12.6. The first-order chi connectivity index (χ1) is 9.43. The number of benzene rings is 1. The highest BCUT2D eigenvalue weighted by molar-refractivity contribution is 6.04. The standard InChI is InChI=1S/C17H22N2O/c1-11(2)15-14(17(20)12(3)4)16(19(5)18-15)13-9-7-6-8-10-13/h6-12H,1-5H3. The van der Waals surface area contributed by atoms with Gasteiger partial charge >= 0.3 is 0 Å². The van der Waals surface area contributed by atoms with Crippen LogP contribution in [0.2, 0.25) is 0 Å². The molecule has 0 atom stereocenters. The van der Waals surface area contributed by atoms with Crippen molar-refractivity contribution in [3.63, 3.8) is 0 Å². The summed E-state index contributed by atoms with van der Waals surface area (Å²) in [5, 5.41) is 4.59. The third-order valence-electron chi connectivity index (χ3n) is 3.44. The van der Waals surface area contributed by atoms with Crippen LogP contribution in [0.25, 0.3) is 11.3 Å². The minimum atomic E-state index is -0.0286. The van der Waals surface area contributed by atoms with Crippen LogP contribution in [-0.2, 0) is 7.05 Å². The third-order valence-corrected chi connectivity index (χ3v) is 3.44. The summed E-state index contributed by atoms with van der Waals surface area (Å²) in [5.41, 5.74) is 3.64. The van der Waals surface area contributed by atoms with Crippen molar-refractivity contribution in [2.24, 2.45) is 13.0 Å². The Labute approximate surface area is 120 Å². The van der Waals surface area contributed by atoms with Crippen molar-refractivity contribution < 1.29 is 4.79 Å². The number of ketones is 1. The minimum Gasteiger partial charge on any atom is -0.294 e. The second-order valence-electron chi connectivity index (χ2n) is 5.77. The highest BCUT2D eigenvalue weighted by atomic mass is 16.1. The molecule has 0 bridgehead atoms. The molecule has 1 aromatic heterocycles. The molecule has 0 spiro atoms. The third kappa shape index (κ3) is 2.53. The van der Waals surface area contributed by atoms with E-state index in [4.69, 9.17) is 0 Å². The van der Waals surface area contributed by atoms with Crippen molar-refractivity contribution in [3.05, 3.63) is 41.6 Å². The van der Waals surface area contributed by atoms with Crippen molar-refractivity contribution >= 4 is 5.78 Å². The van der Waals surface area contributed by atoms with E-state index >= 15 is 0 Å². The van der Waals surface area contributed by atoms with Gasteiger partial charge in [-0.3, -0.25) is 9.48 Å². The Morgan fingerprint density at radius 2 is 1.70 bits per heavy atom. The van der Waals surface area contributed by atoms with Crippen LogP contribution in [0.15, 0.2) is 30.3 Å². The molecule has 0 aliphatic rings. The summed E-state index contributed by atoms with van der Waals surface area (Å²) in [4.78, 5) is 12.6. The van der Waals surface area contributed by atoms with E-state index in [0.29, 0.717) is 0 Å². The molecule has 0 fully saturated rings. The number of hydrogen-bond acceptors (Lipinski definition) is 2. The second kappa shape index (κ2) is 5.61. The first kappa shape index (κ1) is 14.5. The molecule has 3 heteroatoms. The van der Waals surface area contributed by atoms with Crippen LogP contribution in [0, 0.1) is 5.92 Å². The summed E-state index contributed by atoms with van der Waals surface area (Å²) < 4.78 is 1.83. The fourth-order valence-corrected chi connectivity index (χ4v) is 2.41. The summed E-state index contributed by atoms with van der Waals surface area (Å²) in [6.45, 7) is 8.03. The molecule has 0 unspecified atom stereocenters. The van der Waals surface area contributed by atoms with Crippen LogP contribution >= 0.6 is 0 Å². The van der Waals surface area contributed by atoms with E-state index in [9.17, 15) is 4.79 Å². The van der Waals surface area contributed by atoms with E-state index in [1.165, 1.54) is 0 Å². The zero-order chi connectivity index (χ0) is 14.9. The topological polar surface area (TPSA) is 34.9 Å². The number of rotatable bonds is 4. The molecule has 0 saturated heterocycles. The molecule has 0 amide bonds. The molecule has 0 radical (unpaired) electrons. The van der Waals surface area contributed by atoms with E-state index in [-0.39, 0.29) is 17.6 Å². The molecule has 0 N–H and O–H groups in total. The lowest BCUT2D eigenvalue weighted by atomic mass is 9.92. The normalized spacial score (nSPS) is 11.3. The number of Topliss-reactive ketones (excluding diaryl/α,β-unsaturated/α-hetero) is 1. The van der Waals surface area contributed by atoms with Gasteiger partial charge in [-0.25, -0.2) is 0 Å². The van der Waals surface area contributed by atoms with Crippen molar-refractivity contribution in [3.8, 4) is 11.3 Å².